The number of esters is 1. The first-order valence-electron chi connectivity index (χ1n) is 7.86. The van der Waals surface area contributed by atoms with Gasteiger partial charge in [0.2, 0.25) is 0 Å². The van der Waals surface area contributed by atoms with Gasteiger partial charge in [0.1, 0.15) is 0 Å². The van der Waals surface area contributed by atoms with E-state index < -0.39 is 52.2 Å². The molecule has 1 rings (SSSR count). The zero-order valence-corrected chi connectivity index (χ0v) is 15.2. The van der Waals surface area contributed by atoms with Crippen molar-refractivity contribution < 1.29 is 54.0 Å². The van der Waals surface area contributed by atoms with Crippen LogP contribution < -0.4 is 0 Å². The minimum atomic E-state index is -6.19. The summed E-state index contributed by atoms with van der Waals surface area (Å²) in [4.78, 5) is 24.6. The fourth-order valence-electron chi connectivity index (χ4n) is 2.32. The lowest BCUT2D eigenvalue weighted by Gasteiger charge is -2.38. The van der Waals surface area contributed by atoms with Crippen LogP contribution in [-0.4, -0.2) is 66.7 Å². The predicted octanol–water partition coefficient (Wildman–Crippen LogP) is 1.53. The standard InChI is InChI=1S/C14H18F5NO7S/c1-2-10(21)27-13(14(17,18)19,11(22)20-7-4-3-5-8-20)26-9-6-12(15,16)28(23,24)25/h2H,1,3-9H2,(H,23,24,25)/p-1. The second kappa shape index (κ2) is 8.69. The molecule has 0 radical (unpaired) electrons. The van der Waals surface area contributed by atoms with Crippen LogP contribution in [0.4, 0.5) is 22.0 Å². The van der Waals surface area contributed by atoms with Gasteiger partial charge in [0.05, 0.1) is 6.61 Å². The Morgan fingerprint density at radius 3 is 2.07 bits per heavy atom. The molecule has 1 atom stereocenters. The zero-order chi connectivity index (χ0) is 21.8. The number of likely N-dealkylation sites (tertiary alicyclic amines) is 1. The predicted molar refractivity (Wildman–Crippen MR) is 80.7 cm³/mol. The Kier molecular flexibility index (Phi) is 7.53. The summed E-state index contributed by atoms with van der Waals surface area (Å²) >= 11 is 0. The van der Waals surface area contributed by atoms with Crippen molar-refractivity contribution in [1.29, 1.82) is 0 Å². The highest BCUT2D eigenvalue weighted by molar-refractivity contribution is 7.86. The van der Waals surface area contributed by atoms with Crippen LogP contribution in [0.5, 0.6) is 0 Å². The van der Waals surface area contributed by atoms with Crippen molar-refractivity contribution in [2.24, 2.45) is 0 Å². The molecule has 8 nitrogen and oxygen atoms in total. The SMILES string of the molecule is C=CC(=O)OC(OCCC(F)(F)S(=O)(=O)[O-])(C(=O)N1CCCCC1)C(F)(F)F. The molecule has 1 amide bonds. The lowest BCUT2D eigenvalue weighted by atomic mass is 10.1. The van der Waals surface area contributed by atoms with E-state index in [2.05, 4.69) is 16.1 Å². The Hall–Kier alpha value is -1.80. The van der Waals surface area contributed by atoms with E-state index in [1.165, 1.54) is 0 Å². The van der Waals surface area contributed by atoms with E-state index in [1.54, 1.807) is 0 Å². The third kappa shape index (κ3) is 5.38. The van der Waals surface area contributed by atoms with Gasteiger partial charge in [-0.1, -0.05) is 6.58 Å². The quantitative estimate of drug-likeness (QED) is 0.186. The fourth-order valence-corrected chi connectivity index (χ4v) is 2.66. The van der Waals surface area contributed by atoms with Crippen LogP contribution in [0.2, 0.25) is 0 Å². The molecule has 0 aromatic rings. The molecule has 1 heterocycles. The van der Waals surface area contributed by atoms with Crippen molar-refractivity contribution in [1.82, 2.24) is 4.90 Å². The Bertz CT molecular complexity index is 703. The van der Waals surface area contributed by atoms with Crippen molar-refractivity contribution in [3.05, 3.63) is 12.7 Å². The van der Waals surface area contributed by atoms with Gasteiger partial charge in [0, 0.05) is 25.6 Å². The second-order valence-electron chi connectivity index (χ2n) is 5.78. The molecule has 1 unspecified atom stereocenters. The maximum absolute atomic E-state index is 13.7. The number of rotatable bonds is 8. The number of halogens is 5. The number of nitrogens with zero attached hydrogens (tertiary/aromatic N) is 1. The molecule has 0 aromatic heterocycles. The van der Waals surface area contributed by atoms with E-state index in [9.17, 15) is 44.5 Å². The van der Waals surface area contributed by atoms with Gasteiger partial charge >= 0.3 is 29.1 Å². The number of piperidine rings is 1. The van der Waals surface area contributed by atoms with Crippen molar-refractivity contribution in [2.75, 3.05) is 19.7 Å². The Balaban J connectivity index is 3.22. The molecule has 14 heteroatoms. The molecule has 0 saturated carbocycles. The fraction of sp³-hybridized carbons (Fsp3) is 0.714. The van der Waals surface area contributed by atoms with Crippen molar-refractivity contribution in [3.63, 3.8) is 0 Å². The number of carbonyl (C=O) groups excluding carboxylic acids is 2. The normalized spacial score (nSPS) is 18.3. The van der Waals surface area contributed by atoms with Gasteiger partial charge in [-0.3, -0.25) is 4.79 Å². The number of carbonyl (C=O) groups is 2. The molecular formula is C14H17F5NO7S-. The zero-order valence-electron chi connectivity index (χ0n) is 14.3. The van der Waals surface area contributed by atoms with Crippen LogP contribution in [0.25, 0.3) is 0 Å². The van der Waals surface area contributed by atoms with E-state index in [1.807, 2.05) is 0 Å². The van der Waals surface area contributed by atoms with Crippen LogP contribution in [-0.2, 0) is 29.2 Å². The van der Waals surface area contributed by atoms with Crippen LogP contribution in [0.3, 0.4) is 0 Å². The Morgan fingerprint density at radius 1 is 1.11 bits per heavy atom. The van der Waals surface area contributed by atoms with Crippen molar-refractivity contribution >= 4 is 22.0 Å². The third-order valence-corrected chi connectivity index (χ3v) is 4.71. The number of ether oxygens (including phenoxy) is 2. The third-order valence-electron chi connectivity index (χ3n) is 3.77. The van der Waals surface area contributed by atoms with Gasteiger partial charge in [0.15, 0.2) is 10.1 Å². The average Bonchev–Trinajstić information content (AvgIpc) is 2.58. The highest BCUT2D eigenvalue weighted by Gasteiger charge is 2.67. The molecule has 1 saturated heterocycles. The van der Waals surface area contributed by atoms with Gasteiger partial charge < -0.3 is 18.9 Å². The van der Waals surface area contributed by atoms with Crippen LogP contribution in [0.15, 0.2) is 12.7 Å². The topological polar surface area (TPSA) is 113 Å². The van der Waals surface area contributed by atoms with Crippen LogP contribution >= 0.6 is 0 Å². The largest absolute Gasteiger partial charge is 0.743 e. The number of alkyl halides is 5. The number of amides is 1. The maximum Gasteiger partial charge on any atom is 0.466 e. The van der Waals surface area contributed by atoms with E-state index in [0.29, 0.717) is 30.2 Å². The lowest BCUT2D eigenvalue weighted by Crippen LogP contribution is -2.63. The summed E-state index contributed by atoms with van der Waals surface area (Å²) in [6, 6.07) is 0. The first kappa shape index (κ1) is 24.2. The van der Waals surface area contributed by atoms with Gasteiger partial charge in [-0.2, -0.15) is 22.0 Å². The summed E-state index contributed by atoms with van der Waals surface area (Å²) in [6.45, 7) is 0.907. The molecule has 0 spiro atoms. The average molecular weight is 438 g/mol. The minimum absolute atomic E-state index is 0.128. The monoisotopic (exact) mass is 438 g/mol. The minimum Gasteiger partial charge on any atom is -0.743 e. The van der Waals surface area contributed by atoms with Crippen LogP contribution in [0.1, 0.15) is 25.7 Å². The molecule has 1 aliphatic rings. The Morgan fingerprint density at radius 2 is 1.64 bits per heavy atom. The summed E-state index contributed by atoms with van der Waals surface area (Å²) in [5, 5.41) is -4.96. The second-order valence-corrected chi connectivity index (χ2v) is 7.29. The smallest absolute Gasteiger partial charge is 0.466 e. The number of hydrogen-bond donors (Lipinski definition) is 0. The van der Waals surface area contributed by atoms with Gasteiger partial charge in [0.25, 0.3) is 0 Å². The summed E-state index contributed by atoms with van der Waals surface area (Å²) in [5.74, 6) is -7.88. The molecular weight excluding hydrogens is 421 g/mol. The van der Waals surface area contributed by atoms with Gasteiger partial charge in [-0.15, -0.1) is 0 Å². The molecule has 1 fully saturated rings. The maximum atomic E-state index is 13.7. The molecule has 0 aliphatic carbocycles. The first-order chi connectivity index (χ1) is 12.7. The van der Waals surface area contributed by atoms with E-state index in [0.717, 1.165) is 0 Å². The first-order valence-corrected chi connectivity index (χ1v) is 9.27. The van der Waals surface area contributed by atoms with Crippen molar-refractivity contribution in [3.8, 4) is 0 Å². The molecule has 162 valence electrons. The summed E-state index contributed by atoms with van der Waals surface area (Å²) in [7, 11) is -6.19. The molecule has 0 aromatic carbocycles. The summed E-state index contributed by atoms with van der Waals surface area (Å²) < 4.78 is 107. The van der Waals surface area contributed by atoms with Gasteiger partial charge in [-0.05, 0) is 19.3 Å². The van der Waals surface area contributed by atoms with Crippen molar-refractivity contribution in [2.45, 2.75) is 42.9 Å². The van der Waals surface area contributed by atoms with E-state index in [-0.39, 0.29) is 13.1 Å². The Labute approximate surface area is 157 Å². The number of hydrogen-bond acceptors (Lipinski definition) is 7. The highest BCUT2D eigenvalue weighted by Crippen LogP contribution is 2.38. The molecule has 1 aliphatic heterocycles. The van der Waals surface area contributed by atoms with Gasteiger partial charge in [-0.25, -0.2) is 13.2 Å². The lowest BCUT2D eigenvalue weighted by molar-refractivity contribution is -0.351. The highest BCUT2D eigenvalue weighted by atomic mass is 32.2. The summed E-state index contributed by atoms with van der Waals surface area (Å²) in [5.41, 5.74) is 0. The summed E-state index contributed by atoms with van der Waals surface area (Å²) in [6.07, 6.45) is -6.07. The van der Waals surface area contributed by atoms with Crippen LogP contribution in [0, 0.1) is 0 Å². The molecule has 28 heavy (non-hydrogen) atoms. The van der Waals surface area contributed by atoms with E-state index >= 15 is 0 Å². The molecule has 0 N–H and O–H groups in total. The van der Waals surface area contributed by atoms with E-state index in [4.69, 9.17) is 0 Å². The molecule has 0 bridgehead atoms.